The molecule has 0 atom stereocenters. The molecule has 0 radical (unpaired) electrons. The normalized spacial score (nSPS) is 11.0. The minimum absolute atomic E-state index is 0.0512. The molecule has 0 aliphatic heterocycles. The number of pyridine rings is 1. The Morgan fingerprint density at radius 1 is 1.48 bits per heavy atom. The average molecular weight is 380 g/mol. The fourth-order valence-corrected chi connectivity index (χ4v) is 3.60. The van der Waals surface area contributed by atoms with Gasteiger partial charge in [0.05, 0.1) is 17.7 Å². The summed E-state index contributed by atoms with van der Waals surface area (Å²) in [6.07, 6.45) is 3.13. The highest BCUT2D eigenvalue weighted by Crippen LogP contribution is 2.24. The molecule has 3 rings (SSSR count). The molecule has 0 aliphatic rings. The van der Waals surface area contributed by atoms with Gasteiger partial charge in [-0.3, -0.25) is 4.79 Å². The highest BCUT2D eigenvalue weighted by molar-refractivity contribution is 7.15. The largest absolute Gasteiger partial charge is 0.839 e. The first-order valence-corrected chi connectivity index (χ1v) is 8.65. The highest BCUT2D eigenvalue weighted by Gasteiger charge is 2.32. The number of hydrogen-bond donors (Lipinski definition) is 0. The molecule has 130 valence electrons. The number of nitrogens with zero attached hydrogens (tertiary/aromatic N) is 3. The van der Waals surface area contributed by atoms with Crippen LogP contribution < -0.4 is 9.51 Å². The van der Waals surface area contributed by atoms with Crippen LogP contribution in [-0.2, 0) is 16.1 Å². The van der Waals surface area contributed by atoms with E-state index in [0.29, 0.717) is 10.1 Å². The second kappa shape index (κ2) is 6.81. The van der Waals surface area contributed by atoms with Crippen molar-refractivity contribution < 1.29 is 23.8 Å². The van der Waals surface area contributed by atoms with E-state index < -0.39 is 17.6 Å². The van der Waals surface area contributed by atoms with Crippen LogP contribution in [0.5, 0.6) is 5.88 Å². The third-order valence-electron chi connectivity index (χ3n) is 3.62. The zero-order valence-electron chi connectivity index (χ0n) is 13.5. The maximum Gasteiger partial charge on any atom is 0.383 e. The summed E-state index contributed by atoms with van der Waals surface area (Å²) in [4.78, 5) is 29.1. The van der Waals surface area contributed by atoms with Gasteiger partial charge in [-0.1, -0.05) is 11.6 Å². The Kier molecular flexibility index (Phi) is 4.73. The lowest BCUT2D eigenvalue weighted by Crippen LogP contribution is -2.26. The van der Waals surface area contributed by atoms with Gasteiger partial charge in [-0.05, 0) is 26.0 Å². The number of ketones is 1. The van der Waals surface area contributed by atoms with Crippen molar-refractivity contribution in [2.75, 3.05) is 6.61 Å². The smallest absolute Gasteiger partial charge is 0.383 e. The van der Waals surface area contributed by atoms with E-state index >= 15 is 0 Å². The van der Waals surface area contributed by atoms with Crippen LogP contribution in [0, 0.1) is 6.92 Å². The van der Waals surface area contributed by atoms with Crippen molar-refractivity contribution in [3.63, 3.8) is 0 Å². The first kappa shape index (κ1) is 17.4. The Hall–Kier alpha value is -2.45. The van der Waals surface area contributed by atoms with Crippen LogP contribution in [0.3, 0.4) is 0 Å². The number of aromatic nitrogens is 3. The third-order valence-corrected chi connectivity index (χ3v) is 4.72. The quantitative estimate of drug-likeness (QED) is 0.290. The van der Waals surface area contributed by atoms with Crippen LogP contribution >= 0.6 is 22.9 Å². The zero-order valence-corrected chi connectivity index (χ0v) is 15.1. The molecule has 0 N–H and O–H groups in total. The molecule has 0 aromatic carbocycles. The van der Waals surface area contributed by atoms with Gasteiger partial charge in [0.1, 0.15) is 12.4 Å². The minimum Gasteiger partial charge on any atom is -0.839 e. The van der Waals surface area contributed by atoms with E-state index in [2.05, 4.69) is 4.98 Å². The number of Topliss-reactive ketones (excluding diaryl/α,β-unsaturated/α-hetero) is 1. The molecule has 25 heavy (non-hydrogen) atoms. The molecule has 0 aliphatic carbocycles. The van der Waals surface area contributed by atoms with Gasteiger partial charge in [-0.25, -0.2) is 18.7 Å². The standard InChI is InChI=1S/C16H14ClN3O4S/c1-3-24-15(23)12(21)11-14(22)19-6-4-5-9(2)13(19)20(11)8-10-7-18-16(17)25-10/h4-7H,3,8H2,1-2H3. The van der Waals surface area contributed by atoms with Gasteiger partial charge in [0.15, 0.2) is 4.47 Å². The summed E-state index contributed by atoms with van der Waals surface area (Å²) in [5.74, 6) is -2.58. The monoisotopic (exact) mass is 379 g/mol. The van der Waals surface area contributed by atoms with Crippen molar-refractivity contribution in [3.8, 4) is 5.88 Å². The van der Waals surface area contributed by atoms with E-state index in [0.717, 1.165) is 10.4 Å². The van der Waals surface area contributed by atoms with E-state index in [4.69, 9.17) is 16.3 Å². The van der Waals surface area contributed by atoms with Gasteiger partial charge in [0.2, 0.25) is 5.69 Å². The second-order valence-electron chi connectivity index (χ2n) is 5.25. The topological polar surface area (TPSA) is 88.4 Å². The van der Waals surface area contributed by atoms with Crippen molar-refractivity contribution in [1.82, 2.24) is 9.55 Å². The number of esters is 1. The number of hydrogen-bond acceptors (Lipinski definition) is 6. The molecule has 0 amide bonds. The van der Waals surface area contributed by atoms with Gasteiger partial charge in [0.25, 0.3) is 5.65 Å². The van der Waals surface area contributed by atoms with Gasteiger partial charge in [-0.15, -0.1) is 11.3 Å². The predicted molar refractivity (Wildman–Crippen MR) is 89.0 cm³/mol. The number of ether oxygens (including phenoxy) is 1. The van der Waals surface area contributed by atoms with E-state index in [1.807, 2.05) is 13.0 Å². The van der Waals surface area contributed by atoms with Crippen molar-refractivity contribution in [3.05, 3.63) is 45.1 Å². The molecule has 0 saturated carbocycles. The molecule has 0 unspecified atom stereocenters. The number of thiazole rings is 1. The molecule has 0 bridgehead atoms. The van der Waals surface area contributed by atoms with Crippen LogP contribution in [0.4, 0.5) is 0 Å². The number of aryl methyl sites for hydroxylation is 1. The third kappa shape index (κ3) is 3.10. The zero-order chi connectivity index (χ0) is 18.1. The van der Waals surface area contributed by atoms with Gasteiger partial charge in [-0.2, -0.15) is 0 Å². The van der Waals surface area contributed by atoms with Crippen molar-refractivity contribution in [1.29, 1.82) is 0 Å². The molecule has 7 nitrogen and oxygen atoms in total. The van der Waals surface area contributed by atoms with Crippen LogP contribution in [0.25, 0.3) is 5.65 Å². The fourth-order valence-electron chi connectivity index (χ4n) is 2.63. The van der Waals surface area contributed by atoms with Crippen molar-refractivity contribution in [2.45, 2.75) is 20.4 Å². The van der Waals surface area contributed by atoms with Gasteiger partial charge < -0.3 is 9.84 Å². The first-order valence-electron chi connectivity index (χ1n) is 7.46. The first-order chi connectivity index (χ1) is 11.9. The van der Waals surface area contributed by atoms with E-state index in [-0.39, 0.29) is 18.8 Å². The van der Waals surface area contributed by atoms with Crippen molar-refractivity contribution in [2.24, 2.45) is 0 Å². The summed E-state index contributed by atoms with van der Waals surface area (Å²) in [6.45, 7) is 3.66. The number of imidazole rings is 1. The summed E-state index contributed by atoms with van der Waals surface area (Å²) >= 11 is 7.11. The van der Waals surface area contributed by atoms with E-state index in [1.165, 1.54) is 20.3 Å². The maximum absolute atomic E-state index is 12.7. The molecule has 3 aromatic rings. The molecule has 3 aromatic heterocycles. The second-order valence-corrected chi connectivity index (χ2v) is 6.95. The number of rotatable bonds is 5. The molecule has 0 saturated heterocycles. The lowest BCUT2D eigenvalue weighted by Gasteiger charge is -2.04. The lowest BCUT2D eigenvalue weighted by atomic mass is 10.2. The highest BCUT2D eigenvalue weighted by atomic mass is 35.5. The predicted octanol–water partition coefficient (Wildman–Crippen LogP) is 1.51. The lowest BCUT2D eigenvalue weighted by molar-refractivity contribution is -0.583. The summed E-state index contributed by atoms with van der Waals surface area (Å²) in [5, 5.41) is 12.7. The Morgan fingerprint density at radius 3 is 2.88 bits per heavy atom. The van der Waals surface area contributed by atoms with E-state index in [9.17, 15) is 14.7 Å². The molecular weight excluding hydrogens is 366 g/mol. The molecular formula is C16H14ClN3O4S. The fraction of sp³-hybridized carbons (Fsp3) is 0.250. The average Bonchev–Trinajstić information content (AvgIpc) is 3.10. The van der Waals surface area contributed by atoms with Crippen LogP contribution in [-0.4, -0.2) is 27.9 Å². The number of fused-ring (bicyclic) bond motifs is 1. The molecule has 3 heterocycles. The number of carbonyl (C=O) groups excluding carboxylic acids is 2. The molecule has 9 heteroatoms. The number of halogens is 1. The summed E-state index contributed by atoms with van der Waals surface area (Å²) in [5.41, 5.74) is 1.08. The summed E-state index contributed by atoms with van der Waals surface area (Å²) < 4.78 is 7.99. The Balaban J connectivity index is 2.22. The van der Waals surface area contributed by atoms with Crippen LogP contribution in [0.15, 0.2) is 24.5 Å². The van der Waals surface area contributed by atoms with E-state index in [1.54, 1.807) is 25.4 Å². The molecule has 0 spiro atoms. The SMILES string of the molecule is CCOC(=O)C(=O)c1c([O-])[n+]2cccc(C)c2n1Cc1cnc(Cl)s1. The summed E-state index contributed by atoms with van der Waals surface area (Å²) in [6, 6.07) is 3.53. The minimum atomic E-state index is -1.05. The number of carbonyl (C=O) groups is 2. The Labute approximate surface area is 152 Å². The van der Waals surface area contributed by atoms with Crippen LogP contribution in [0.2, 0.25) is 4.47 Å². The van der Waals surface area contributed by atoms with Gasteiger partial charge >= 0.3 is 11.8 Å². The van der Waals surface area contributed by atoms with Gasteiger partial charge in [0, 0.05) is 11.8 Å². The van der Waals surface area contributed by atoms with Crippen molar-refractivity contribution >= 4 is 40.3 Å². The Bertz CT molecular complexity index is 979. The van der Waals surface area contributed by atoms with Crippen LogP contribution in [0.1, 0.15) is 27.9 Å². The molecule has 0 fully saturated rings. The summed E-state index contributed by atoms with van der Waals surface area (Å²) in [7, 11) is 0. The maximum atomic E-state index is 12.7. The Morgan fingerprint density at radius 2 is 2.24 bits per heavy atom.